The van der Waals surface area contributed by atoms with Crippen molar-refractivity contribution >= 4 is 0 Å². The normalized spacial score (nSPS) is 12.2. The lowest BCUT2D eigenvalue weighted by molar-refractivity contribution is 0.398. The zero-order valence-electron chi connectivity index (χ0n) is 12.1. The van der Waals surface area contributed by atoms with E-state index in [4.69, 9.17) is 4.74 Å². The molecular weight excluding hydrogens is 252 g/mol. The highest BCUT2D eigenvalue weighted by Crippen LogP contribution is 2.25. The first-order valence-electron chi connectivity index (χ1n) is 6.77. The molecule has 1 unspecified atom stereocenters. The molecule has 0 saturated carbocycles. The number of rotatable bonds is 6. The van der Waals surface area contributed by atoms with Gasteiger partial charge in [-0.15, -0.1) is 0 Å². The molecule has 5 nitrogen and oxygen atoms in total. The van der Waals surface area contributed by atoms with Crippen molar-refractivity contribution in [3.05, 3.63) is 47.8 Å². The van der Waals surface area contributed by atoms with Crippen molar-refractivity contribution in [2.45, 2.75) is 26.3 Å². The number of methoxy groups -OCH3 is 1. The monoisotopic (exact) mass is 272 g/mol. The Morgan fingerprint density at radius 3 is 2.65 bits per heavy atom. The van der Waals surface area contributed by atoms with Crippen LogP contribution in [0.5, 0.6) is 5.75 Å². The van der Waals surface area contributed by atoms with Crippen LogP contribution in [0.15, 0.2) is 30.7 Å². The molecule has 0 saturated heterocycles. The molecule has 2 aromatic rings. The maximum atomic E-state index is 5.39. The van der Waals surface area contributed by atoms with Crippen LogP contribution in [-0.2, 0) is 0 Å². The first-order valence-corrected chi connectivity index (χ1v) is 6.77. The van der Waals surface area contributed by atoms with Crippen LogP contribution in [-0.4, -0.2) is 28.6 Å². The van der Waals surface area contributed by atoms with Crippen LogP contribution in [0.3, 0.4) is 0 Å². The molecule has 2 rings (SSSR count). The summed E-state index contributed by atoms with van der Waals surface area (Å²) >= 11 is 0. The quantitative estimate of drug-likeness (QED) is 0.874. The van der Waals surface area contributed by atoms with E-state index in [1.165, 1.54) is 0 Å². The second-order valence-electron chi connectivity index (χ2n) is 4.60. The van der Waals surface area contributed by atoms with Crippen LogP contribution in [0.25, 0.3) is 0 Å². The molecule has 2 aromatic heterocycles. The van der Waals surface area contributed by atoms with Gasteiger partial charge in [-0.1, -0.05) is 6.92 Å². The molecule has 0 aliphatic carbocycles. The number of pyridine rings is 1. The van der Waals surface area contributed by atoms with Gasteiger partial charge in [-0.2, -0.15) is 0 Å². The summed E-state index contributed by atoms with van der Waals surface area (Å²) in [5, 5.41) is 3.43. The van der Waals surface area contributed by atoms with Gasteiger partial charge in [0.2, 0.25) is 0 Å². The van der Waals surface area contributed by atoms with E-state index >= 15 is 0 Å². The Balaban J connectivity index is 2.38. The molecule has 2 heterocycles. The van der Waals surface area contributed by atoms with E-state index in [0.717, 1.165) is 30.0 Å². The first kappa shape index (κ1) is 14.4. The third kappa shape index (κ3) is 3.30. The highest BCUT2D eigenvalue weighted by atomic mass is 16.5. The second-order valence-corrected chi connectivity index (χ2v) is 4.60. The number of hydrogen-bond donors (Lipinski definition) is 1. The maximum Gasteiger partial charge on any atom is 0.151 e. The average Bonchev–Trinajstić information content (AvgIpc) is 2.50. The fraction of sp³-hybridized carbons (Fsp3) is 0.400. The maximum absolute atomic E-state index is 5.39. The molecule has 0 aliphatic heterocycles. The first-order chi connectivity index (χ1) is 9.76. The minimum atomic E-state index is -0.160. The molecule has 20 heavy (non-hydrogen) atoms. The lowest BCUT2D eigenvalue weighted by Crippen LogP contribution is -2.26. The number of aryl methyl sites for hydroxylation is 1. The molecule has 0 aromatic carbocycles. The molecule has 106 valence electrons. The van der Waals surface area contributed by atoms with Gasteiger partial charge in [0, 0.05) is 18.6 Å². The Morgan fingerprint density at radius 1 is 1.25 bits per heavy atom. The van der Waals surface area contributed by atoms with Crippen molar-refractivity contribution in [2.75, 3.05) is 13.7 Å². The van der Waals surface area contributed by atoms with Gasteiger partial charge in [-0.3, -0.25) is 4.98 Å². The van der Waals surface area contributed by atoms with Crippen LogP contribution in [0.2, 0.25) is 0 Å². The number of hydrogen-bond acceptors (Lipinski definition) is 5. The summed E-state index contributed by atoms with van der Waals surface area (Å²) in [5.41, 5.74) is 1.85. The van der Waals surface area contributed by atoms with E-state index in [1.54, 1.807) is 13.3 Å². The summed E-state index contributed by atoms with van der Waals surface area (Å²) in [6.45, 7) is 4.96. The minimum absolute atomic E-state index is 0.160. The van der Waals surface area contributed by atoms with Gasteiger partial charge in [0.25, 0.3) is 0 Å². The Morgan fingerprint density at radius 2 is 2.00 bits per heavy atom. The average molecular weight is 272 g/mol. The Bertz CT molecular complexity index is 542. The van der Waals surface area contributed by atoms with E-state index < -0.39 is 0 Å². The summed E-state index contributed by atoms with van der Waals surface area (Å²) < 4.78 is 5.39. The van der Waals surface area contributed by atoms with Gasteiger partial charge in [-0.25, -0.2) is 9.97 Å². The smallest absolute Gasteiger partial charge is 0.151 e. The molecule has 1 atom stereocenters. The summed E-state index contributed by atoms with van der Waals surface area (Å²) in [4.78, 5) is 13.3. The lowest BCUT2D eigenvalue weighted by atomic mass is 10.1. The molecular formula is C15H20N4O. The summed E-state index contributed by atoms with van der Waals surface area (Å²) in [6, 6.07) is 3.60. The van der Waals surface area contributed by atoms with Crippen LogP contribution in [0, 0.1) is 6.92 Å². The Kier molecular flexibility index (Phi) is 5.01. The van der Waals surface area contributed by atoms with Gasteiger partial charge >= 0.3 is 0 Å². The largest absolute Gasteiger partial charge is 0.495 e. The second kappa shape index (κ2) is 6.96. The van der Waals surface area contributed by atoms with Crippen LogP contribution < -0.4 is 10.1 Å². The fourth-order valence-electron chi connectivity index (χ4n) is 1.94. The van der Waals surface area contributed by atoms with Gasteiger partial charge in [0.05, 0.1) is 7.11 Å². The van der Waals surface area contributed by atoms with Gasteiger partial charge in [0.1, 0.15) is 17.5 Å². The van der Waals surface area contributed by atoms with Gasteiger partial charge in [0.15, 0.2) is 5.82 Å². The van der Waals surface area contributed by atoms with Crippen molar-refractivity contribution in [3.63, 3.8) is 0 Å². The zero-order chi connectivity index (χ0) is 14.4. The highest BCUT2D eigenvalue weighted by molar-refractivity contribution is 5.33. The van der Waals surface area contributed by atoms with E-state index in [9.17, 15) is 0 Å². The SMILES string of the molecule is CCCNC(c1ncc(C)cn1)c1ncccc1OC. The number of nitrogens with one attached hydrogen (secondary N) is 1. The van der Waals surface area contributed by atoms with Crippen molar-refractivity contribution in [3.8, 4) is 5.75 Å². The molecule has 5 heteroatoms. The number of aromatic nitrogens is 3. The molecule has 1 N–H and O–H groups in total. The molecule has 0 aliphatic rings. The van der Waals surface area contributed by atoms with Crippen molar-refractivity contribution in [1.29, 1.82) is 0 Å². The zero-order valence-corrected chi connectivity index (χ0v) is 12.1. The molecule has 0 amide bonds. The molecule has 0 bridgehead atoms. The lowest BCUT2D eigenvalue weighted by Gasteiger charge is -2.18. The fourth-order valence-corrected chi connectivity index (χ4v) is 1.94. The number of nitrogens with zero attached hydrogens (tertiary/aromatic N) is 3. The summed E-state index contributed by atoms with van der Waals surface area (Å²) in [5.74, 6) is 1.45. The van der Waals surface area contributed by atoms with Crippen LogP contribution in [0.4, 0.5) is 0 Å². The minimum Gasteiger partial charge on any atom is -0.495 e. The van der Waals surface area contributed by atoms with Gasteiger partial charge < -0.3 is 10.1 Å². The van der Waals surface area contributed by atoms with E-state index in [1.807, 2.05) is 31.5 Å². The standard InChI is InChI=1S/C15H20N4O/c1-4-7-16-14(15-18-9-11(2)10-19-15)13-12(20-3)6-5-8-17-13/h5-6,8-10,14,16H,4,7H2,1-3H3. The van der Waals surface area contributed by atoms with Gasteiger partial charge in [-0.05, 0) is 37.6 Å². The predicted octanol–water partition coefficient (Wildman–Crippen LogP) is 2.28. The van der Waals surface area contributed by atoms with E-state index in [0.29, 0.717) is 5.82 Å². The summed E-state index contributed by atoms with van der Waals surface area (Å²) in [7, 11) is 1.65. The van der Waals surface area contributed by atoms with Crippen molar-refractivity contribution in [2.24, 2.45) is 0 Å². The molecule has 0 fully saturated rings. The van der Waals surface area contributed by atoms with E-state index in [-0.39, 0.29) is 6.04 Å². The van der Waals surface area contributed by atoms with Crippen molar-refractivity contribution < 1.29 is 4.74 Å². The van der Waals surface area contributed by atoms with Crippen molar-refractivity contribution in [1.82, 2.24) is 20.3 Å². The highest BCUT2D eigenvalue weighted by Gasteiger charge is 2.21. The third-order valence-electron chi connectivity index (χ3n) is 2.95. The third-order valence-corrected chi connectivity index (χ3v) is 2.95. The van der Waals surface area contributed by atoms with E-state index in [2.05, 4.69) is 27.2 Å². The Hall–Kier alpha value is -2.01. The number of ether oxygens (including phenoxy) is 1. The Labute approximate surface area is 119 Å². The topological polar surface area (TPSA) is 59.9 Å². The molecule has 0 spiro atoms. The van der Waals surface area contributed by atoms with Crippen LogP contribution >= 0.6 is 0 Å². The summed E-state index contributed by atoms with van der Waals surface area (Å²) in [6.07, 6.45) is 6.42. The molecule has 0 radical (unpaired) electrons. The predicted molar refractivity (Wildman–Crippen MR) is 77.7 cm³/mol. The van der Waals surface area contributed by atoms with Crippen LogP contribution in [0.1, 0.15) is 36.5 Å².